The van der Waals surface area contributed by atoms with E-state index in [0.29, 0.717) is 12.0 Å². The smallest absolute Gasteiger partial charge is 0.0445 e. The lowest BCUT2D eigenvalue weighted by Crippen LogP contribution is -2.30. The third kappa shape index (κ3) is 3.06. The molecule has 0 heterocycles. The molecule has 2 aromatic rings. The molecule has 1 fully saturated rings. The summed E-state index contributed by atoms with van der Waals surface area (Å²) in [6.07, 6.45) is 5.06. The zero-order chi connectivity index (χ0) is 14.7. The second-order valence-corrected chi connectivity index (χ2v) is 6.22. The molecule has 2 atom stereocenters. The van der Waals surface area contributed by atoms with Crippen molar-refractivity contribution in [3.05, 3.63) is 42.5 Å². The van der Waals surface area contributed by atoms with E-state index in [0.717, 1.165) is 13.1 Å². The Hall–Kier alpha value is -1.54. The monoisotopic (exact) mass is 282 g/mol. The third-order valence-electron chi connectivity index (χ3n) is 4.98. The summed E-state index contributed by atoms with van der Waals surface area (Å²) in [5.41, 5.74) is 7.58. The fraction of sp³-hybridized carbons (Fsp3) is 0.474. The number of fused-ring (bicyclic) bond motifs is 1. The van der Waals surface area contributed by atoms with Crippen molar-refractivity contribution in [2.45, 2.75) is 38.6 Å². The van der Waals surface area contributed by atoms with E-state index in [9.17, 15) is 0 Å². The summed E-state index contributed by atoms with van der Waals surface area (Å²) in [4.78, 5) is 2.51. The molecule has 0 spiro atoms. The summed E-state index contributed by atoms with van der Waals surface area (Å²) in [6, 6.07) is 15.7. The minimum atomic E-state index is 0.427. The SMILES string of the molecule is CCN(CCC1CCCC1N)c1cccc2ccccc12. The Morgan fingerprint density at radius 2 is 1.90 bits per heavy atom. The van der Waals surface area contributed by atoms with Gasteiger partial charge in [-0.25, -0.2) is 0 Å². The van der Waals surface area contributed by atoms with Crippen LogP contribution < -0.4 is 10.6 Å². The number of nitrogens with zero attached hydrogens (tertiary/aromatic N) is 1. The normalized spacial score (nSPS) is 21.8. The summed E-state index contributed by atoms with van der Waals surface area (Å²) in [7, 11) is 0. The molecule has 1 aliphatic carbocycles. The second-order valence-electron chi connectivity index (χ2n) is 6.22. The fourth-order valence-electron chi connectivity index (χ4n) is 3.68. The molecule has 0 radical (unpaired) electrons. The molecule has 21 heavy (non-hydrogen) atoms. The van der Waals surface area contributed by atoms with Crippen LogP contribution in [0.3, 0.4) is 0 Å². The average molecular weight is 282 g/mol. The van der Waals surface area contributed by atoms with Gasteiger partial charge in [0.1, 0.15) is 0 Å². The lowest BCUT2D eigenvalue weighted by Gasteiger charge is -2.27. The number of hydrogen-bond donors (Lipinski definition) is 1. The molecule has 2 aromatic carbocycles. The summed E-state index contributed by atoms with van der Waals surface area (Å²) < 4.78 is 0. The van der Waals surface area contributed by atoms with Crippen molar-refractivity contribution in [2.75, 3.05) is 18.0 Å². The van der Waals surface area contributed by atoms with Crippen LogP contribution in [0.25, 0.3) is 10.8 Å². The summed E-state index contributed by atoms with van der Waals surface area (Å²) in [5, 5.41) is 2.68. The predicted molar refractivity (Wildman–Crippen MR) is 91.8 cm³/mol. The number of benzene rings is 2. The first-order valence-corrected chi connectivity index (χ1v) is 8.28. The van der Waals surface area contributed by atoms with Crippen molar-refractivity contribution in [3.63, 3.8) is 0 Å². The highest BCUT2D eigenvalue weighted by Gasteiger charge is 2.24. The predicted octanol–water partition coefficient (Wildman–Crippen LogP) is 4.18. The van der Waals surface area contributed by atoms with E-state index < -0.39 is 0 Å². The second kappa shape index (κ2) is 6.48. The number of nitrogens with two attached hydrogens (primary N) is 1. The van der Waals surface area contributed by atoms with Gasteiger partial charge in [-0.2, -0.15) is 0 Å². The molecule has 2 heteroatoms. The van der Waals surface area contributed by atoms with Crippen LogP contribution in [0.1, 0.15) is 32.6 Å². The van der Waals surface area contributed by atoms with Crippen LogP contribution in [0.15, 0.2) is 42.5 Å². The van der Waals surface area contributed by atoms with Crippen molar-refractivity contribution in [2.24, 2.45) is 11.7 Å². The van der Waals surface area contributed by atoms with Crippen LogP contribution in [-0.2, 0) is 0 Å². The Labute approximate surface area is 127 Å². The third-order valence-corrected chi connectivity index (χ3v) is 4.98. The zero-order valence-corrected chi connectivity index (χ0v) is 13.0. The van der Waals surface area contributed by atoms with Gasteiger partial charge in [0.25, 0.3) is 0 Å². The van der Waals surface area contributed by atoms with Gasteiger partial charge >= 0.3 is 0 Å². The average Bonchev–Trinajstić information content (AvgIpc) is 2.93. The number of anilines is 1. The molecule has 0 amide bonds. The molecule has 3 rings (SSSR count). The summed E-state index contributed by atoms with van der Waals surface area (Å²) in [5.74, 6) is 0.717. The first kappa shape index (κ1) is 14.4. The van der Waals surface area contributed by atoms with Gasteiger partial charge in [0.15, 0.2) is 0 Å². The maximum atomic E-state index is 6.22. The molecule has 2 N–H and O–H groups in total. The van der Waals surface area contributed by atoms with E-state index in [-0.39, 0.29) is 0 Å². The van der Waals surface area contributed by atoms with Gasteiger partial charge in [0.2, 0.25) is 0 Å². The first-order valence-electron chi connectivity index (χ1n) is 8.28. The van der Waals surface area contributed by atoms with Crippen molar-refractivity contribution >= 4 is 16.5 Å². The van der Waals surface area contributed by atoms with E-state index in [4.69, 9.17) is 5.73 Å². The highest BCUT2D eigenvalue weighted by Crippen LogP contribution is 2.30. The Morgan fingerprint density at radius 3 is 2.67 bits per heavy atom. The quantitative estimate of drug-likeness (QED) is 0.891. The van der Waals surface area contributed by atoms with Crippen molar-refractivity contribution in [1.82, 2.24) is 0 Å². The fourth-order valence-corrected chi connectivity index (χ4v) is 3.68. The van der Waals surface area contributed by atoms with E-state index in [1.54, 1.807) is 0 Å². The zero-order valence-electron chi connectivity index (χ0n) is 13.0. The molecular formula is C19H26N2. The molecule has 2 unspecified atom stereocenters. The van der Waals surface area contributed by atoms with Gasteiger partial charge in [-0.05, 0) is 43.6 Å². The van der Waals surface area contributed by atoms with Gasteiger partial charge in [-0.1, -0.05) is 42.8 Å². The molecule has 1 aliphatic rings. The van der Waals surface area contributed by atoms with Gasteiger partial charge in [0, 0.05) is 30.2 Å². The lowest BCUT2D eigenvalue weighted by atomic mass is 9.99. The highest BCUT2D eigenvalue weighted by molar-refractivity contribution is 5.94. The van der Waals surface area contributed by atoms with Gasteiger partial charge in [0.05, 0.1) is 0 Å². The van der Waals surface area contributed by atoms with Gasteiger partial charge < -0.3 is 10.6 Å². The van der Waals surface area contributed by atoms with Crippen LogP contribution in [0.4, 0.5) is 5.69 Å². The molecule has 0 bridgehead atoms. The Morgan fingerprint density at radius 1 is 1.10 bits per heavy atom. The van der Waals surface area contributed by atoms with Gasteiger partial charge in [-0.15, -0.1) is 0 Å². The van der Waals surface area contributed by atoms with Crippen LogP contribution in [0, 0.1) is 5.92 Å². The maximum Gasteiger partial charge on any atom is 0.0445 e. The molecule has 112 valence electrons. The standard InChI is InChI=1S/C19H26N2/c1-2-21(14-13-16-9-5-11-18(16)20)19-12-6-8-15-7-3-4-10-17(15)19/h3-4,6-8,10,12,16,18H,2,5,9,11,13-14,20H2,1H3. The molecule has 0 saturated heterocycles. The maximum absolute atomic E-state index is 6.22. The van der Waals surface area contributed by atoms with Crippen LogP contribution in [0.2, 0.25) is 0 Å². The van der Waals surface area contributed by atoms with Crippen LogP contribution in [0.5, 0.6) is 0 Å². The first-order chi connectivity index (χ1) is 10.3. The van der Waals surface area contributed by atoms with Gasteiger partial charge in [-0.3, -0.25) is 0 Å². The van der Waals surface area contributed by atoms with Crippen molar-refractivity contribution < 1.29 is 0 Å². The van der Waals surface area contributed by atoms with Crippen molar-refractivity contribution in [1.29, 1.82) is 0 Å². The van der Waals surface area contributed by atoms with E-state index >= 15 is 0 Å². The highest BCUT2D eigenvalue weighted by atomic mass is 15.1. The van der Waals surface area contributed by atoms with Crippen LogP contribution in [-0.4, -0.2) is 19.1 Å². The van der Waals surface area contributed by atoms with E-state index in [2.05, 4.69) is 54.3 Å². The molecule has 0 aliphatic heterocycles. The molecule has 2 nitrogen and oxygen atoms in total. The largest absolute Gasteiger partial charge is 0.371 e. The Balaban J connectivity index is 1.78. The minimum Gasteiger partial charge on any atom is -0.371 e. The molecule has 1 saturated carbocycles. The number of hydrogen-bond acceptors (Lipinski definition) is 2. The topological polar surface area (TPSA) is 29.3 Å². The van der Waals surface area contributed by atoms with E-state index in [1.807, 2.05) is 0 Å². The Bertz CT molecular complexity index is 588. The van der Waals surface area contributed by atoms with Crippen LogP contribution >= 0.6 is 0 Å². The molecular weight excluding hydrogens is 256 g/mol. The summed E-state index contributed by atoms with van der Waals surface area (Å²) >= 11 is 0. The number of rotatable bonds is 5. The summed E-state index contributed by atoms with van der Waals surface area (Å²) in [6.45, 7) is 4.41. The van der Waals surface area contributed by atoms with Crippen molar-refractivity contribution in [3.8, 4) is 0 Å². The minimum absolute atomic E-state index is 0.427. The molecule has 0 aromatic heterocycles. The van der Waals surface area contributed by atoms with E-state index in [1.165, 1.54) is 42.1 Å². The Kier molecular flexibility index (Phi) is 4.45. The lowest BCUT2D eigenvalue weighted by molar-refractivity contribution is 0.447.